The summed E-state index contributed by atoms with van der Waals surface area (Å²) >= 11 is 0. The number of H-pyrrole nitrogens is 1. The van der Waals surface area contributed by atoms with Gasteiger partial charge in [0.1, 0.15) is 0 Å². The van der Waals surface area contributed by atoms with Gasteiger partial charge in [-0.05, 0) is 42.3 Å². The van der Waals surface area contributed by atoms with Gasteiger partial charge < -0.3 is 10.3 Å². The molecule has 33 heavy (non-hydrogen) atoms. The third-order valence-corrected chi connectivity index (χ3v) is 6.02. The van der Waals surface area contributed by atoms with Gasteiger partial charge >= 0.3 is 5.69 Å². The van der Waals surface area contributed by atoms with E-state index in [0.717, 1.165) is 33.2 Å². The minimum absolute atomic E-state index is 0.0872. The van der Waals surface area contributed by atoms with E-state index in [9.17, 15) is 9.59 Å². The highest BCUT2D eigenvalue weighted by atomic mass is 16.2. The Labute approximate surface area is 190 Å². The quantitative estimate of drug-likeness (QED) is 0.402. The zero-order valence-electron chi connectivity index (χ0n) is 18.4. The maximum Gasteiger partial charge on any atom is 0.329 e. The number of fused-ring (bicyclic) bond motifs is 2. The smallest absolute Gasteiger partial charge is 0.329 e. The summed E-state index contributed by atoms with van der Waals surface area (Å²) in [6.07, 6.45) is 1.86. The molecule has 0 radical (unpaired) electrons. The third-order valence-electron chi connectivity index (χ3n) is 6.02. The largest absolute Gasteiger partial charge is 0.345 e. The molecule has 0 aliphatic heterocycles. The van der Waals surface area contributed by atoms with Gasteiger partial charge in [0.15, 0.2) is 0 Å². The normalized spacial score (nSPS) is 12.3. The van der Waals surface area contributed by atoms with Crippen LogP contribution in [0.25, 0.3) is 22.1 Å². The first-order valence-electron chi connectivity index (χ1n) is 11.1. The number of aromatic nitrogens is 4. The number of hydrogen-bond acceptors (Lipinski definition) is 3. The Balaban J connectivity index is 1.40. The molecule has 0 aliphatic rings. The fraction of sp³-hybridized carbons (Fsp3) is 0.192. The number of hydrogen-bond donors (Lipinski definition) is 2. The number of carbonyl (C=O) groups is 1. The number of rotatable bonds is 7. The van der Waals surface area contributed by atoms with Gasteiger partial charge in [0.25, 0.3) is 0 Å². The van der Waals surface area contributed by atoms with Crippen LogP contribution in [0.4, 0.5) is 0 Å². The Morgan fingerprint density at radius 1 is 0.970 bits per heavy atom. The third kappa shape index (κ3) is 3.93. The number of nitrogens with one attached hydrogen (secondary N) is 2. The number of nitrogens with zero attached hydrogens (tertiary/aromatic N) is 3. The molecule has 7 heteroatoms. The van der Waals surface area contributed by atoms with Gasteiger partial charge in [-0.1, -0.05) is 48.5 Å². The molecule has 3 aromatic carbocycles. The lowest BCUT2D eigenvalue weighted by Crippen LogP contribution is -2.31. The van der Waals surface area contributed by atoms with Crippen molar-refractivity contribution < 1.29 is 4.79 Å². The van der Waals surface area contributed by atoms with Crippen LogP contribution in [0.5, 0.6) is 0 Å². The Hall–Kier alpha value is -4.13. The van der Waals surface area contributed by atoms with Crippen LogP contribution in [-0.4, -0.2) is 25.0 Å². The Morgan fingerprint density at radius 3 is 2.45 bits per heavy atom. The van der Waals surface area contributed by atoms with E-state index in [0.29, 0.717) is 13.1 Å². The fourth-order valence-corrected chi connectivity index (χ4v) is 4.38. The molecule has 1 amide bonds. The highest BCUT2D eigenvalue weighted by molar-refractivity contribution is 5.79. The van der Waals surface area contributed by atoms with Gasteiger partial charge in [-0.2, -0.15) is 0 Å². The van der Waals surface area contributed by atoms with E-state index in [2.05, 4.69) is 15.3 Å². The number of benzene rings is 3. The molecule has 1 atom stereocenters. The second-order valence-corrected chi connectivity index (χ2v) is 8.01. The molecular weight excluding hydrogens is 414 g/mol. The molecule has 0 spiro atoms. The molecule has 5 aromatic rings. The summed E-state index contributed by atoms with van der Waals surface area (Å²) in [7, 11) is 0. The molecule has 5 rings (SSSR count). The topological polar surface area (TPSA) is 84.7 Å². The lowest BCUT2D eigenvalue weighted by Gasteiger charge is -2.20. The first-order chi connectivity index (χ1) is 16.2. The summed E-state index contributed by atoms with van der Waals surface area (Å²) in [6.45, 7) is 2.86. The van der Waals surface area contributed by atoms with Crippen LogP contribution in [-0.2, 0) is 17.9 Å². The number of aromatic amines is 1. The summed E-state index contributed by atoms with van der Waals surface area (Å²) in [6, 6.07) is 23.2. The second-order valence-electron chi connectivity index (χ2n) is 8.01. The van der Waals surface area contributed by atoms with E-state index >= 15 is 0 Å². The van der Waals surface area contributed by atoms with Crippen LogP contribution in [0.1, 0.15) is 30.5 Å². The van der Waals surface area contributed by atoms with Crippen molar-refractivity contribution in [1.29, 1.82) is 0 Å². The molecule has 2 aromatic heterocycles. The lowest BCUT2D eigenvalue weighted by molar-refractivity contribution is -0.121. The lowest BCUT2D eigenvalue weighted by atomic mass is 9.98. The average Bonchev–Trinajstić information content (AvgIpc) is 3.42. The van der Waals surface area contributed by atoms with Crippen molar-refractivity contribution >= 4 is 28.0 Å². The van der Waals surface area contributed by atoms with Gasteiger partial charge in [-0.15, -0.1) is 0 Å². The standard InChI is InChI=1S/C26H25N5O2/c1-2-30-22-10-6-7-11-23(22)31(26(30)33)15-14-24(32)29-25(18-8-4-3-5-9-18)19-12-13-20-21(16-19)28-17-27-20/h3-13,16-17,25H,2,14-15H2,1H3,(H,27,28)(H,29,32). The van der Waals surface area contributed by atoms with Crippen molar-refractivity contribution in [3.05, 3.63) is 101 Å². The van der Waals surface area contributed by atoms with Gasteiger partial charge in [-0.3, -0.25) is 13.9 Å². The Morgan fingerprint density at radius 2 is 1.70 bits per heavy atom. The molecule has 166 valence electrons. The SMILES string of the molecule is CCn1c(=O)n(CCC(=O)NC(c2ccccc2)c2ccc3nc[nH]c3c2)c2ccccc21. The van der Waals surface area contributed by atoms with Crippen molar-refractivity contribution in [3.63, 3.8) is 0 Å². The summed E-state index contributed by atoms with van der Waals surface area (Å²) < 4.78 is 3.42. The highest BCUT2D eigenvalue weighted by Crippen LogP contribution is 2.25. The summed E-state index contributed by atoms with van der Waals surface area (Å²) in [4.78, 5) is 33.4. The monoisotopic (exact) mass is 439 g/mol. The summed E-state index contributed by atoms with van der Waals surface area (Å²) in [5.41, 5.74) is 5.40. The molecule has 1 unspecified atom stereocenters. The minimum Gasteiger partial charge on any atom is -0.345 e. The van der Waals surface area contributed by atoms with Gasteiger partial charge in [-0.25, -0.2) is 9.78 Å². The first-order valence-corrected chi connectivity index (χ1v) is 11.1. The van der Waals surface area contributed by atoms with E-state index < -0.39 is 0 Å². The molecule has 0 aliphatic carbocycles. The van der Waals surface area contributed by atoms with E-state index in [-0.39, 0.29) is 24.1 Å². The van der Waals surface area contributed by atoms with E-state index in [1.165, 1.54) is 0 Å². The van der Waals surface area contributed by atoms with Gasteiger partial charge in [0.2, 0.25) is 5.91 Å². The van der Waals surface area contributed by atoms with E-state index in [1.54, 1.807) is 15.5 Å². The van der Waals surface area contributed by atoms with Crippen LogP contribution in [0, 0.1) is 0 Å². The van der Waals surface area contributed by atoms with E-state index in [4.69, 9.17) is 0 Å². The average molecular weight is 440 g/mol. The van der Waals surface area contributed by atoms with Gasteiger partial charge in [0, 0.05) is 19.5 Å². The number of amides is 1. The zero-order valence-corrected chi connectivity index (χ0v) is 18.4. The number of aryl methyl sites for hydroxylation is 2. The first kappa shape index (κ1) is 20.8. The summed E-state index contributed by atoms with van der Waals surface area (Å²) in [5.74, 6) is -0.117. The van der Waals surface area contributed by atoms with Crippen molar-refractivity contribution in [2.75, 3.05) is 0 Å². The molecule has 0 saturated carbocycles. The maximum absolute atomic E-state index is 13.1. The molecule has 0 bridgehead atoms. The molecule has 2 N–H and O–H groups in total. The van der Waals surface area contributed by atoms with Crippen LogP contribution in [0.3, 0.4) is 0 Å². The zero-order chi connectivity index (χ0) is 22.8. The second kappa shape index (κ2) is 8.78. The van der Waals surface area contributed by atoms with Crippen molar-refractivity contribution in [2.45, 2.75) is 32.5 Å². The molecular formula is C26H25N5O2. The predicted octanol–water partition coefficient (Wildman–Crippen LogP) is 4.00. The van der Waals surface area contributed by atoms with Crippen molar-refractivity contribution in [3.8, 4) is 0 Å². The summed E-state index contributed by atoms with van der Waals surface area (Å²) in [5, 5.41) is 3.17. The van der Waals surface area contributed by atoms with Gasteiger partial charge in [0.05, 0.1) is 34.4 Å². The van der Waals surface area contributed by atoms with Crippen molar-refractivity contribution in [2.24, 2.45) is 0 Å². The fourth-order valence-electron chi connectivity index (χ4n) is 4.38. The predicted molar refractivity (Wildman–Crippen MR) is 129 cm³/mol. The molecule has 0 fully saturated rings. The van der Waals surface area contributed by atoms with Crippen LogP contribution < -0.4 is 11.0 Å². The van der Waals surface area contributed by atoms with Crippen LogP contribution >= 0.6 is 0 Å². The molecule has 0 saturated heterocycles. The van der Waals surface area contributed by atoms with E-state index in [1.807, 2.05) is 79.7 Å². The van der Waals surface area contributed by atoms with Crippen molar-refractivity contribution in [1.82, 2.24) is 24.4 Å². The van der Waals surface area contributed by atoms with Crippen LogP contribution in [0.2, 0.25) is 0 Å². The number of para-hydroxylation sites is 2. The van der Waals surface area contributed by atoms with Crippen LogP contribution in [0.15, 0.2) is 83.9 Å². The number of carbonyl (C=O) groups excluding carboxylic acids is 1. The maximum atomic E-state index is 13.1. The molecule has 2 heterocycles. The Kier molecular flexibility index (Phi) is 5.52. The minimum atomic E-state index is -0.305. The Bertz CT molecular complexity index is 1480. The highest BCUT2D eigenvalue weighted by Gasteiger charge is 2.19. The molecule has 7 nitrogen and oxygen atoms in total. The number of imidazole rings is 2.